The van der Waals surface area contributed by atoms with Crippen LogP contribution in [-0.2, 0) is 16.6 Å². The standard InChI is InChI=1S/C13H19ClN2O2S/c1-2-3-9-7-13(9)16-19(17,18)11-4-5-12(14)10(6-11)8-15/h4-6,9,13,16H,2-3,7-8,15H2,1H3. The zero-order valence-electron chi connectivity index (χ0n) is 10.9. The van der Waals surface area contributed by atoms with E-state index in [0.717, 1.165) is 19.3 Å². The quantitative estimate of drug-likeness (QED) is 0.846. The van der Waals surface area contributed by atoms with Gasteiger partial charge in [-0.05, 0) is 42.5 Å². The molecule has 1 aliphatic rings. The minimum absolute atomic E-state index is 0.0851. The third kappa shape index (κ3) is 3.48. The Kier molecular flexibility index (Phi) is 4.50. The summed E-state index contributed by atoms with van der Waals surface area (Å²) in [5.41, 5.74) is 6.18. The van der Waals surface area contributed by atoms with Crippen LogP contribution in [0.3, 0.4) is 0 Å². The molecule has 2 atom stereocenters. The van der Waals surface area contributed by atoms with Crippen LogP contribution < -0.4 is 10.5 Å². The summed E-state index contributed by atoms with van der Waals surface area (Å²) in [5, 5.41) is 0.497. The number of benzene rings is 1. The van der Waals surface area contributed by atoms with Gasteiger partial charge in [0.05, 0.1) is 4.90 Å². The molecule has 1 aromatic rings. The second kappa shape index (κ2) is 5.79. The van der Waals surface area contributed by atoms with Gasteiger partial charge in [0.2, 0.25) is 10.0 Å². The Morgan fingerprint density at radius 2 is 2.21 bits per heavy atom. The maximum absolute atomic E-state index is 12.2. The van der Waals surface area contributed by atoms with Crippen molar-refractivity contribution in [1.82, 2.24) is 4.72 Å². The van der Waals surface area contributed by atoms with E-state index in [0.29, 0.717) is 16.5 Å². The molecule has 1 saturated carbocycles. The summed E-state index contributed by atoms with van der Waals surface area (Å²) in [6.45, 7) is 2.33. The van der Waals surface area contributed by atoms with E-state index in [-0.39, 0.29) is 17.5 Å². The lowest BCUT2D eigenvalue weighted by Gasteiger charge is -2.08. The molecule has 106 valence electrons. The number of rotatable bonds is 6. The molecule has 2 rings (SSSR count). The fourth-order valence-corrected chi connectivity index (χ4v) is 3.79. The van der Waals surface area contributed by atoms with Gasteiger partial charge in [0, 0.05) is 17.6 Å². The molecule has 0 aromatic heterocycles. The van der Waals surface area contributed by atoms with Gasteiger partial charge < -0.3 is 5.73 Å². The first kappa shape index (κ1) is 14.8. The van der Waals surface area contributed by atoms with Gasteiger partial charge in [-0.25, -0.2) is 13.1 Å². The zero-order valence-corrected chi connectivity index (χ0v) is 12.5. The molecule has 0 saturated heterocycles. The molecule has 0 bridgehead atoms. The van der Waals surface area contributed by atoms with E-state index in [9.17, 15) is 8.42 Å². The smallest absolute Gasteiger partial charge is 0.240 e. The molecule has 3 N–H and O–H groups in total. The molecule has 1 fully saturated rings. The molecule has 2 unspecified atom stereocenters. The van der Waals surface area contributed by atoms with Crippen molar-refractivity contribution in [3.05, 3.63) is 28.8 Å². The first-order valence-corrected chi connectivity index (χ1v) is 8.35. The van der Waals surface area contributed by atoms with Crippen LogP contribution in [0.5, 0.6) is 0 Å². The van der Waals surface area contributed by atoms with Crippen molar-refractivity contribution >= 4 is 21.6 Å². The molecule has 0 amide bonds. The lowest BCUT2D eigenvalue weighted by molar-refractivity contribution is 0.573. The first-order valence-electron chi connectivity index (χ1n) is 6.48. The third-order valence-electron chi connectivity index (χ3n) is 3.44. The fourth-order valence-electron chi connectivity index (χ4n) is 2.22. The van der Waals surface area contributed by atoms with Crippen molar-refractivity contribution in [1.29, 1.82) is 0 Å². The van der Waals surface area contributed by atoms with Crippen LogP contribution in [-0.4, -0.2) is 14.5 Å². The largest absolute Gasteiger partial charge is 0.326 e. The Hall–Kier alpha value is -0.620. The third-order valence-corrected chi connectivity index (χ3v) is 5.29. The van der Waals surface area contributed by atoms with E-state index in [1.54, 1.807) is 12.1 Å². The molecule has 0 aliphatic heterocycles. The second-order valence-electron chi connectivity index (χ2n) is 4.97. The lowest BCUT2D eigenvalue weighted by Crippen LogP contribution is -2.27. The second-order valence-corrected chi connectivity index (χ2v) is 7.09. The molecule has 0 heterocycles. The van der Waals surface area contributed by atoms with Gasteiger partial charge in [-0.15, -0.1) is 0 Å². The highest BCUT2D eigenvalue weighted by Crippen LogP contribution is 2.35. The Morgan fingerprint density at radius 3 is 2.84 bits per heavy atom. The summed E-state index contributed by atoms with van der Waals surface area (Å²) in [5.74, 6) is 0.487. The Balaban J connectivity index is 2.12. The SMILES string of the molecule is CCCC1CC1NS(=O)(=O)c1ccc(Cl)c(CN)c1. The number of halogens is 1. The van der Waals surface area contributed by atoms with E-state index in [4.69, 9.17) is 17.3 Å². The van der Waals surface area contributed by atoms with Crippen molar-refractivity contribution in [3.8, 4) is 0 Å². The summed E-state index contributed by atoms with van der Waals surface area (Å²) >= 11 is 5.93. The van der Waals surface area contributed by atoms with Gasteiger partial charge in [0.15, 0.2) is 0 Å². The van der Waals surface area contributed by atoms with Gasteiger partial charge in [-0.3, -0.25) is 0 Å². The van der Waals surface area contributed by atoms with Gasteiger partial charge >= 0.3 is 0 Å². The molecule has 1 aliphatic carbocycles. The predicted octanol–water partition coefficient (Wildman–Crippen LogP) is 2.27. The van der Waals surface area contributed by atoms with Crippen LogP contribution >= 0.6 is 11.6 Å². The predicted molar refractivity (Wildman–Crippen MR) is 76.5 cm³/mol. The molecule has 19 heavy (non-hydrogen) atoms. The van der Waals surface area contributed by atoms with E-state index in [1.807, 2.05) is 0 Å². The molecular formula is C13H19ClN2O2S. The normalized spacial score (nSPS) is 22.5. The molecule has 0 spiro atoms. The Labute approximate surface area is 119 Å². The summed E-state index contributed by atoms with van der Waals surface area (Å²) < 4.78 is 27.2. The lowest BCUT2D eigenvalue weighted by atomic mass is 10.2. The van der Waals surface area contributed by atoms with Crippen molar-refractivity contribution < 1.29 is 8.42 Å². The maximum Gasteiger partial charge on any atom is 0.240 e. The zero-order chi connectivity index (χ0) is 14.0. The molecule has 4 nitrogen and oxygen atoms in total. The van der Waals surface area contributed by atoms with Crippen molar-refractivity contribution in [2.45, 2.75) is 43.7 Å². The highest BCUT2D eigenvalue weighted by Gasteiger charge is 2.39. The van der Waals surface area contributed by atoms with Crippen LogP contribution in [0.15, 0.2) is 23.1 Å². The van der Waals surface area contributed by atoms with Crippen LogP contribution in [0.1, 0.15) is 31.7 Å². The number of nitrogens with one attached hydrogen (secondary N) is 1. The van der Waals surface area contributed by atoms with E-state index >= 15 is 0 Å². The molecule has 0 radical (unpaired) electrons. The summed E-state index contributed by atoms with van der Waals surface area (Å²) in [7, 11) is -3.46. The van der Waals surface area contributed by atoms with E-state index in [2.05, 4.69) is 11.6 Å². The fraction of sp³-hybridized carbons (Fsp3) is 0.538. The van der Waals surface area contributed by atoms with E-state index in [1.165, 1.54) is 6.07 Å². The minimum Gasteiger partial charge on any atom is -0.326 e. The maximum atomic E-state index is 12.2. The summed E-state index contributed by atoms with van der Waals surface area (Å²) in [6.07, 6.45) is 3.09. The number of hydrogen-bond donors (Lipinski definition) is 2. The summed E-state index contributed by atoms with van der Waals surface area (Å²) in [6, 6.07) is 4.72. The van der Waals surface area contributed by atoms with Crippen LogP contribution in [0.25, 0.3) is 0 Å². The molecule has 6 heteroatoms. The van der Waals surface area contributed by atoms with Crippen LogP contribution in [0, 0.1) is 5.92 Å². The highest BCUT2D eigenvalue weighted by molar-refractivity contribution is 7.89. The number of hydrogen-bond acceptors (Lipinski definition) is 3. The van der Waals surface area contributed by atoms with Gasteiger partial charge in [-0.1, -0.05) is 24.9 Å². The number of nitrogens with two attached hydrogens (primary N) is 1. The topological polar surface area (TPSA) is 72.2 Å². The van der Waals surface area contributed by atoms with Crippen LogP contribution in [0.4, 0.5) is 0 Å². The number of sulfonamides is 1. The monoisotopic (exact) mass is 302 g/mol. The van der Waals surface area contributed by atoms with Gasteiger partial charge in [0.1, 0.15) is 0 Å². The Morgan fingerprint density at radius 1 is 1.47 bits per heavy atom. The average Bonchev–Trinajstić information content (AvgIpc) is 3.07. The summed E-state index contributed by atoms with van der Waals surface area (Å²) in [4.78, 5) is 0.236. The van der Waals surface area contributed by atoms with Crippen molar-refractivity contribution in [2.75, 3.05) is 0 Å². The highest BCUT2D eigenvalue weighted by atomic mass is 35.5. The first-order chi connectivity index (χ1) is 8.97. The van der Waals surface area contributed by atoms with Crippen molar-refractivity contribution in [2.24, 2.45) is 11.7 Å². The van der Waals surface area contributed by atoms with E-state index < -0.39 is 10.0 Å². The molecular weight excluding hydrogens is 284 g/mol. The van der Waals surface area contributed by atoms with Crippen molar-refractivity contribution in [3.63, 3.8) is 0 Å². The minimum atomic E-state index is -3.46. The Bertz CT molecular complexity index is 560. The average molecular weight is 303 g/mol. The van der Waals surface area contributed by atoms with Gasteiger partial charge in [0.25, 0.3) is 0 Å². The van der Waals surface area contributed by atoms with Crippen LogP contribution in [0.2, 0.25) is 5.02 Å². The van der Waals surface area contributed by atoms with Gasteiger partial charge in [-0.2, -0.15) is 0 Å². The molecule has 1 aromatic carbocycles.